The van der Waals surface area contributed by atoms with E-state index in [9.17, 15) is 0 Å². The molecule has 0 fully saturated rings. The number of aromatic nitrogens is 2. The quantitative estimate of drug-likeness (QED) is 0.882. The predicted octanol–water partition coefficient (Wildman–Crippen LogP) is 2.81. The topological polar surface area (TPSA) is 74.2 Å². The van der Waals surface area contributed by atoms with Crippen LogP contribution in [0.2, 0.25) is 0 Å². The average molecular weight is 293 g/mol. The minimum atomic E-state index is -0.222. The number of hydrogen-bond donors (Lipinski definition) is 1. The van der Waals surface area contributed by atoms with Crippen LogP contribution in [-0.2, 0) is 0 Å². The summed E-state index contributed by atoms with van der Waals surface area (Å²) in [5.74, 6) is 2.68. The van der Waals surface area contributed by atoms with Gasteiger partial charge < -0.3 is 15.0 Å². The van der Waals surface area contributed by atoms with Gasteiger partial charge in [0.15, 0.2) is 0 Å². The van der Waals surface area contributed by atoms with Crippen LogP contribution in [0.3, 0.4) is 0 Å². The third-order valence-corrected chi connectivity index (χ3v) is 3.63. The normalized spacial score (nSPS) is 12.4. The fourth-order valence-corrected chi connectivity index (χ4v) is 2.34. The van der Waals surface area contributed by atoms with Gasteiger partial charge in [0.2, 0.25) is 11.7 Å². The fraction of sp³-hybridized carbons (Fsp3) is 0.429. The predicted molar refractivity (Wildman–Crippen MR) is 81.0 cm³/mol. The lowest BCUT2D eigenvalue weighted by Gasteiger charge is -2.06. The summed E-state index contributed by atoms with van der Waals surface area (Å²) in [7, 11) is 1.63. The molecule has 1 heterocycles. The number of nitrogens with two attached hydrogens (primary N) is 1. The van der Waals surface area contributed by atoms with Crippen LogP contribution in [0.4, 0.5) is 0 Å². The van der Waals surface area contributed by atoms with Crippen molar-refractivity contribution in [2.75, 3.05) is 19.1 Å². The standard InChI is InChI=1S/C14H19N3O2S/c1-9-4-5-10(12(8-9)18-2)13-16-14(19-17-13)11(15)6-7-20-3/h4-5,8,11H,6-7,15H2,1-3H3/t11-/m0/s1. The summed E-state index contributed by atoms with van der Waals surface area (Å²) >= 11 is 1.75. The maximum Gasteiger partial charge on any atom is 0.243 e. The summed E-state index contributed by atoms with van der Waals surface area (Å²) in [5, 5.41) is 4.00. The van der Waals surface area contributed by atoms with Gasteiger partial charge in [0.25, 0.3) is 0 Å². The maximum atomic E-state index is 6.03. The van der Waals surface area contributed by atoms with E-state index in [0.29, 0.717) is 11.7 Å². The van der Waals surface area contributed by atoms with Crippen molar-refractivity contribution >= 4 is 11.8 Å². The number of methoxy groups -OCH3 is 1. The van der Waals surface area contributed by atoms with E-state index in [-0.39, 0.29) is 6.04 Å². The fourth-order valence-electron chi connectivity index (χ4n) is 1.85. The van der Waals surface area contributed by atoms with E-state index in [1.807, 2.05) is 31.4 Å². The molecule has 6 heteroatoms. The zero-order valence-electron chi connectivity index (χ0n) is 11.9. The van der Waals surface area contributed by atoms with Crippen molar-refractivity contribution in [1.29, 1.82) is 0 Å². The molecule has 2 aromatic rings. The summed E-state index contributed by atoms with van der Waals surface area (Å²) in [5.41, 5.74) is 7.95. The van der Waals surface area contributed by atoms with Gasteiger partial charge >= 0.3 is 0 Å². The molecule has 2 rings (SSSR count). The lowest BCUT2D eigenvalue weighted by atomic mass is 10.1. The Hall–Kier alpha value is -1.53. The van der Waals surface area contributed by atoms with Crippen molar-refractivity contribution in [3.05, 3.63) is 29.7 Å². The molecule has 1 atom stereocenters. The smallest absolute Gasteiger partial charge is 0.243 e. The molecule has 0 aliphatic rings. The highest BCUT2D eigenvalue weighted by Gasteiger charge is 2.17. The number of benzene rings is 1. The van der Waals surface area contributed by atoms with Crippen molar-refractivity contribution < 1.29 is 9.26 Å². The first kappa shape index (κ1) is 14.9. The molecule has 1 aromatic heterocycles. The first-order valence-corrected chi connectivity index (χ1v) is 7.78. The highest BCUT2D eigenvalue weighted by molar-refractivity contribution is 7.98. The Labute approximate surface area is 122 Å². The summed E-state index contributed by atoms with van der Waals surface area (Å²) < 4.78 is 10.6. The lowest BCUT2D eigenvalue weighted by Crippen LogP contribution is -2.11. The molecule has 0 aliphatic heterocycles. The second kappa shape index (κ2) is 6.76. The second-order valence-electron chi connectivity index (χ2n) is 4.55. The molecule has 20 heavy (non-hydrogen) atoms. The molecule has 0 bridgehead atoms. The van der Waals surface area contributed by atoms with Crippen LogP contribution in [0.25, 0.3) is 11.4 Å². The molecular weight excluding hydrogens is 274 g/mol. The number of hydrogen-bond acceptors (Lipinski definition) is 6. The van der Waals surface area contributed by atoms with Gasteiger partial charge in [-0.1, -0.05) is 11.2 Å². The van der Waals surface area contributed by atoms with Gasteiger partial charge in [-0.3, -0.25) is 0 Å². The Balaban J connectivity index is 2.24. The molecule has 0 aliphatic carbocycles. The zero-order valence-corrected chi connectivity index (χ0v) is 12.7. The monoisotopic (exact) mass is 293 g/mol. The third-order valence-electron chi connectivity index (χ3n) is 2.99. The van der Waals surface area contributed by atoms with E-state index >= 15 is 0 Å². The molecule has 0 saturated heterocycles. The minimum absolute atomic E-state index is 0.222. The second-order valence-corrected chi connectivity index (χ2v) is 5.53. The Kier molecular flexibility index (Phi) is 5.03. The van der Waals surface area contributed by atoms with E-state index in [1.54, 1.807) is 18.9 Å². The van der Waals surface area contributed by atoms with Gasteiger partial charge in [0.1, 0.15) is 5.75 Å². The molecule has 2 N–H and O–H groups in total. The first-order valence-electron chi connectivity index (χ1n) is 6.39. The molecule has 1 aromatic carbocycles. The number of thioether (sulfide) groups is 1. The molecular formula is C14H19N3O2S. The van der Waals surface area contributed by atoms with Crippen LogP contribution in [0, 0.1) is 6.92 Å². The van der Waals surface area contributed by atoms with E-state index in [1.165, 1.54) is 0 Å². The highest BCUT2D eigenvalue weighted by atomic mass is 32.2. The van der Waals surface area contributed by atoms with Gasteiger partial charge in [0, 0.05) is 0 Å². The molecule has 0 unspecified atom stereocenters. The summed E-state index contributed by atoms with van der Waals surface area (Å²) in [6.45, 7) is 2.01. The van der Waals surface area contributed by atoms with Crippen LogP contribution in [0.1, 0.15) is 23.9 Å². The molecule has 5 nitrogen and oxygen atoms in total. The summed E-state index contributed by atoms with van der Waals surface area (Å²) in [4.78, 5) is 4.38. The van der Waals surface area contributed by atoms with Crippen LogP contribution < -0.4 is 10.5 Å². The zero-order chi connectivity index (χ0) is 14.5. The van der Waals surface area contributed by atoms with Crippen molar-refractivity contribution in [3.63, 3.8) is 0 Å². The van der Waals surface area contributed by atoms with Gasteiger partial charge in [-0.05, 0) is 43.0 Å². The molecule has 0 radical (unpaired) electrons. The van der Waals surface area contributed by atoms with E-state index in [0.717, 1.165) is 29.1 Å². The molecule has 0 spiro atoms. The van der Waals surface area contributed by atoms with Crippen molar-refractivity contribution in [1.82, 2.24) is 10.1 Å². The van der Waals surface area contributed by atoms with Crippen LogP contribution >= 0.6 is 11.8 Å². The maximum absolute atomic E-state index is 6.03. The number of ether oxygens (including phenoxy) is 1. The van der Waals surface area contributed by atoms with Crippen LogP contribution in [-0.4, -0.2) is 29.3 Å². The first-order chi connectivity index (χ1) is 9.65. The average Bonchev–Trinajstić information content (AvgIpc) is 2.94. The van der Waals surface area contributed by atoms with Gasteiger partial charge in [-0.2, -0.15) is 16.7 Å². The van der Waals surface area contributed by atoms with E-state index in [2.05, 4.69) is 10.1 Å². The molecule has 0 amide bonds. The number of nitrogens with zero attached hydrogens (tertiary/aromatic N) is 2. The minimum Gasteiger partial charge on any atom is -0.496 e. The Morgan fingerprint density at radius 2 is 2.25 bits per heavy atom. The summed E-state index contributed by atoms with van der Waals surface area (Å²) in [6, 6.07) is 5.64. The van der Waals surface area contributed by atoms with Crippen LogP contribution in [0.5, 0.6) is 5.75 Å². The Morgan fingerprint density at radius 3 is 2.95 bits per heavy atom. The largest absolute Gasteiger partial charge is 0.496 e. The van der Waals surface area contributed by atoms with Gasteiger partial charge in [-0.25, -0.2) is 0 Å². The van der Waals surface area contributed by atoms with E-state index in [4.69, 9.17) is 15.0 Å². The number of rotatable bonds is 6. The van der Waals surface area contributed by atoms with Crippen molar-refractivity contribution in [2.24, 2.45) is 5.73 Å². The molecule has 0 saturated carbocycles. The van der Waals surface area contributed by atoms with E-state index < -0.39 is 0 Å². The summed E-state index contributed by atoms with van der Waals surface area (Å²) in [6.07, 6.45) is 2.86. The van der Waals surface area contributed by atoms with Crippen molar-refractivity contribution in [2.45, 2.75) is 19.4 Å². The highest BCUT2D eigenvalue weighted by Crippen LogP contribution is 2.29. The Bertz CT molecular complexity index is 571. The van der Waals surface area contributed by atoms with Crippen LogP contribution in [0.15, 0.2) is 22.7 Å². The van der Waals surface area contributed by atoms with Gasteiger partial charge in [0.05, 0.1) is 18.7 Å². The molecule has 108 valence electrons. The van der Waals surface area contributed by atoms with Crippen molar-refractivity contribution in [3.8, 4) is 17.1 Å². The SMILES string of the molecule is COc1cc(C)ccc1-c1noc([C@@H](N)CCSC)n1. The lowest BCUT2D eigenvalue weighted by molar-refractivity contribution is 0.352. The van der Waals surface area contributed by atoms with Gasteiger partial charge in [-0.15, -0.1) is 0 Å². The third kappa shape index (κ3) is 3.32. The number of aryl methyl sites for hydroxylation is 1. The Morgan fingerprint density at radius 1 is 1.45 bits per heavy atom.